The van der Waals surface area contributed by atoms with E-state index in [4.69, 9.17) is 0 Å². The number of piperazine rings is 1. The molecule has 3 rings (SSSR count). The zero-order valence-corrected chi connectivity index (χ0v) is 15.4. The zero-order chi connectivity index (χ0) is 17.8. The van der Waals surface area contributed by atoms with Gasteiger partial charge in [-0.2, -0.15) is 0 Å². The maximum absolute atomic E-state index is 13.9. The molecule has 1 amide bonds. The van der Waals surface area contributed by atoms with Gasteiger partial charge in [0.1, 0.15) is 5.82 Å². The molecule has 1 aromatic carbocycles. The van der Waals surface area contributed by atoms with Crippen LogP contribution in [-0.4, -0.2) is 49.6 Å². The molecule has 1 saturated carbocycles. The average Bonchev–Trinajstić information content (AvgIpc) is 2.60. The molecule has 2 fully saturated rings. The predicted molar refractivity (Wildman–Crippen MR) is 99.2 cm³/mol. The van der Waals surface area contributed by atoms with Crippen LogP contribution in [0.15, 0.2) is 24.3 Å². The number of halogens is 1. The van der Waals surface area contributed by atoms with Crippen molar-refractivity contribution in [2.75, 3.05) is 37.6 Å². The third-order valence-electron chi connectivity index (χ3n) is 5.99. The van der Waals surface area contributed by atoms with Crippen LogP contribution < -0.4 is 10.2 Å². The van der Waals surface area contributed by atoms with Crippen LogP contribution in [0.5, 0.6) is 0 Å². The van der Waals surface area contributed by atoms with Gasteiger partial charge in [0.15, 0.2) is 0 Å². The lowest BCUT2D eigenvalue weighted by Gasteiger charge is -2.37. The van der Waals surface area contributed by atoms with Gasteiger partial charge in [0.05, 0.1) is 12.2 Å². The van der Waals surface area contributed by atoms with E-state index in [9.17, 15) is 9.18 Å². The smallest absolute Gasteiger partial charge is 0.234 e. The quantitative estimate of drug-likeness (QED) is 0.910. The van der Waals surface area contributed by atoms with Gasteiger partial charge in [-0.1, -0.05) is 38.8 Å². The van der Waals surface area contributed by atoms with Crippen molar-refractivity contribution in [3.63, 3.8) is 0 Å². The van der Waals surface area contributed by atoms with Crippen molar-refractivity contribution in [1.29, 1.82) is 0 Å². The molecule has 0 spiro atoms. The molecule has 25 heavy (non-hydrogen) atoms. The second-order valence-corrected chi connectivity index (χ2v) is 7.66. The van der Waals surface area contributed by atoms with Crippen molar-refractivity contribution >= 4 is 11.6 Å². The molecular weight excluding hydrogens is 317 g/mol. The highest BCUT2D eigenvalue weighted by Gasteiger charge is 2.29. The number of anilines is 1. The zero-order valence-electron chi connectivity index (χ0n) is 15.4. The number of carbonyl (C=O) groups excluding carboxylic acids is 1. The maximum atomic E-state index is 13.9. The van der Waals surface area contributed by atoms with Crippen LogP contribution in [0, 0.1) is 17.7 Å². The second kappa shape index (κ2) is 8.17. The Balaban J connectivity index is 1.46. The number of carbonyl (C=O) groups is 1. The Hall–Kier alpha value is -1.62. The topological polar surface area (TPSA) is 35.6 Å². The fourth-order valence-corrected chi connectivity index (χ4v) is 4.10. The summed E-state index contributed by atoms with van der Waals surface area (Å²) in [5, 5.41) is 3.24. The van der Waals surface area contributed by atoms with Gasteiger partial charge in [0.2, 0.25) is 5.91 Å². The average molecular weight is 347 g/mol. The lowest BCUT2D eigenvalue weighted by atomic mass is 9.78. The van der Waals surface area contributed by atoms with Crippen molar-refractivity contribution in [2.45, 2.75) is 39.2 Å². The molecule has 2 aliphatic rings. The Labute approximate surface area is 150 Å². The molecule has 0 aromatic heterocycles. The Bertz CT molecular complexity index is 586. The number of nitrogens with one attached hydrogen (secondary N) is 1. The van der Waals surface area contributed by atoms with Gasteiger partial charge < -0.3 is 10.2 Å². The first-order chi connectivity index (χ1) is 12.0. The third-order valence-corrected chi connectivity index (χ3v) is 5.99. The van der Waals surface area contributed by atoms with E-state index in [0.717, 1.165) is 32.6 Å². The van der Waals surface area contributed by atoms with Crippen molar-refractivity contribution in [3.05, 3.63) is 30.1 Å². The van der Waals surface area contributed by atoms with Crippen LogP contribution in [-0.2, 0) is 4.79 Å². The van der Waals surface area contributed by atoms with Gasteiger partial charge in [-0.05, 0) is 30.4 Å². The van der Waals surface area contributed by atoms with Crippen molar-refractivity contribution < 1.29 is 9.18 Å². The van der Waals surface area contributed by atoms with Gasteiger partial charge in [0, 0.05) is 32.2 Å². The summed E-state index contributed by atoms with van der Waals surface area (Å²) in [4.78, 5) is 16.6. The molecule has 1 saturated heterocycles. The van der Waals surface area contributed by atoms with Gasteiger partial charge in [-0.15, -0.1) is 0 Å². The summed E-state index contributed by atoms with van der Waals surface area (Å²) in [6.45, 7) is 8.07. The van der Waals surface area contributed by atoms with Crippen LogP contribution in [0.1, 0.15) is 33.1 Å². The Morgan fingerprint density at radius 1 is 1.16 bits per heavy atom. The lowest BCUT2D eigenvalue weighted by Crippen LogP contribution is -2.52. The second-order valence-electron chi connectivity index (χ2n) is 7.66. The van der Waals surface area contributed by atoms with Gasteiger partial charge >= 0.3 is 0 Å². The van der Waals surface area contributed by atoms with Crippen LogP contribution in [0.4, 0.5) is 10.1 Å². The predicted octanol–water partition coefficient (Wildman–Crippen LogP) is 2.89. The summed E-state index contributed by atoms with van der Waals surface area (Å²) < 4.78 is 13.9. The minimum absolute atomic E-state index is 0.130. The Kier molecular flexibility index (Phi) is 5.94. The summed E-state index contributed by atoms with van der Waals surface area (Å²) in [6, 6.07) is 7.22. The molecule has 4 nitrogen and oxygen atoms in total. The molecule has 5 heteroatoms. The molecule has 1 aliphatic heterocycles. The molecule has 3 atom stereocenters. The molecule has 0 bridgehead atoms. The van der Waals surface area contributed by atoms with E-state index >= 15 is 0 Å². The van der Waals surface area contributed by atoms with E-state index in [-0.39, 0.29) is 11.7 Å². The maximum Gasteiger partial charge on any atom is 0.234 e. The van der Waals surface area contributed by atoms with Gasteiger partial charge in [0.25, 0.3) is 0 Å². The first-order valence-electron chi connectivity index (χ1n) is 9.56. The summed E-state index contributed by atoms with van der Waals surface area (Å²) >= 11 is 0. The SMILES string of the molecule is CC1CCCC(NC(=O)CN2CCN(c3ccccc3F)CC2)C1C. The van der Waals surface area contributed by atoms with Crippen LogP contribution >= 0.6 is 0 Å². The first kappa shape index (κ1) is 18.2. The molecule has 1 heterocycles. The Morgan fingerprint density at radius 2 is 1.88 bits per heavy atom. The number of nitrogens with zero attached hydrogens (tertiary/aromatic N) is 2. The number of hydrogen-bond donors (Lipinski definition) is 1. The minimum Gasteiger partial charge on any atom is -0.367 e. The van der Waals surface area contributed by atoms with E-state index in [0.29, 0.717) is 30.1 Å². The number of hydrogen-bond acceptors (Lipinski definition) is 3. The van der Waals surface area contributed by atoms with Gasteiger partial charge in [-0.25, -0.2) is 4.39 Å². The number of amides is 1. The molecular formula is C20H30FN3O. The number of benzene rings is 1. The summed E-state index contributed by atoms with van der Waals surface area (Å²) in [7, 11) is 0. The summed E-state index contributed by atoms with van der Waals surface area (Å²) in [5.74, 6) is 1.19. The molecule has 138 valence electrons. The molecule has 1 N–H and O–H groups in total. The first-order valence-corrected chi connectivity index (χ1v) is 9.56. The number of rotatable bonds is 4. The van der Waals surface area contributed by atoms with Crippen molar-refractivity contribution in [3.8, 4) is 0 Å². The lowest BCUT2D eigenvalue weighted by molar-refractivity contribution is -0.123. The highest BCUT2D eigenvalue weighted by Crippen LogP contribution is 2.29. The van der Waals surface area contributed by atoms with E-state index in [1.165, 1.54) is 18.9 Å². The number of para-hydroxylation sites is 1. The Morgan fingerprint density at radius 3 is 2.60 bits per heavy atom. The molecule has 1 aliphatic carbocycles. The fraction of sp³-hybridized carbons (Fsp3) is 0.650. The van der Waals surface area contributed by atoms with E-state index in [2.05, 4.69) is 29.0 Å². The van der Waals surface area contributed by atoms with Crippen LogP contribution in [0.2, 0.25) is 0 Å². The van der Waals surface area contributed by atoms with Crippen molar-refractivity contribution in [2.24, 2.45) is 11.8 Å². The molecule has 0 radical (unpaired) electrons. The van der Waals surface area contributed by atoms with Crippen LogP contribution in [0.25, 0.3) is 0 Å². The van der Waals surface area contributed by atoms with Gasteiger partial charge in [-0.3, -0.25) is 9.69 Å². The standard InChI is InChI=1S/C20H30FN3O/c1-15-6-5-8-18(16(15)2)22-20(25)14-23-10-12-24(13-11-23)19-9-4-3-7-17(19)21/h3-4,7,9,15-16,18H,5-6,8,10-14H2,1-2H3,(H,22,25). The highest BCUT2D eigenvalue weighted by atomic mass is 19.1. The van der Waals surface area contributed by atoms with E-state index in [1.807, 2.05) is 12.1 Å². The molecule has 3 unspecified atom stereocenters. The normalized spacial score (nSPS) is 28.0. The van der Waals surface area contributed by atoms with E-state index in [1.54, 1.807) is 6.07 Å². The third kappa shape index (κ3) is 4.51. The largest absolute Gasteiger partial charge is 0.367 e. The summed E-state index contributed by atoms with van der Waals surface area (Å²) in [5.41, 5.74) is 0.664. The highest BCUT2D eigenvalue weighted by molar-refractivity contribution is 5.78. The minimum atomic E-state index is -0.172. The molecule has 1 aromatic rings. The fourth-order valence-electron chi connectivity index (χ4n) is 4.10. The van der Waals surface area contributed by atoms with Crippen LogP contribution in [0.3, 0.4) is 0 Å². The monoisotopic (exact) mass is 347 g/mol. The summed E-state index contributed by atoms with van der Waals surface area (Å²) in [6.07, 6.45) is 3.57. The van der Waals surface area contributed by atoms with Crippen molar-refractivity contribution in [1.82, 2.24) is 10.2 Å². The van der Waals surface area contributed by atoms with E-state index < -0.39 is 0 Å².